The summed E-state index contributed by atoms with van der Waals surface area (Å²) in [5, 5.41) is 23.4. The summed E-state index contributed by atoms with van der Waals surface area (Å²) in [5.41, 5.74) is 0.790. The Hall–Kier alpha value is -2.36. The Bertz CT molecular complexity index is 711. The minimum absolute atomic E-state index is 0.139. The average Bonchev–Trinajstić information content (AvgIpc) is 3.00. The molecule has 3 aromatic heterocycles. The third-order valence-corrected chi connectivity index (χ3v) is 3.56. The van der Waals surface area contributed by atoms with Crippen molar-refractivity contribution in [1.29, 1.82) is 0 Å². The van der Waals surface area contributed by atoms with E-state index in [1.807, 2.05) is 18.2 Å². The number of tetrazole rings is 1. The Morgan fingerprint density at radius 1 is 1.33 bits per heavy atom. The lowest BCUT2D eigenvalue weighted by Gasteiger charge is -1.98. The lowest BCUT2D eigenvalue weighted by atomic mass is 10.3. The lowest BCUT2D eigenvalue weighted by Crippen LogP contribution is -2.13. The number of thiazole rings is 1. The van der Waals surface area contributed by atoms with Gasteiger partial charge in [-0.15, -0.1) is 15.3 Å². The maximum Gasteiger partial charge on any atom is 0.270 e. The molecule has 92 valence electrons. The number of hydrogen-bond acceptors (Lipinski definition) is 7. The summed E-state index contributed by atoms with van der Waals surface area (Å²) in [4.78, 5) is 13.3. The van der Waals surface area contributed by atoms with Crippen molar-refractivity contribution < 1.29 is 4.79 Å². The SMILES string of the molecule is Cc1nnc2sc(C(=O)Nc3nn[nH]n3)c(C)n12. The number of carbonyl (C=O) groups is 1. The van der Waals surface area contributed by atoms with Crippen molar-refractivity contribution in [1.82, 2.24) is 35.2 Å². The molecule has 0 aliphatic carbocycles. The van der Waals surface area contributed by atoms with Gasteiger partial charge in [0.1, 0.15) is 10.7 Å². The molecule has 0 aliphatic heterocycles. The number of aromatic nitrogens is 7. The molecule has 9 nitrogen and oxygen atoms in total. The Kier molecular flexibility index (Phi) is 2.30. The molecule has 0 aliphatic rings. The van der Waals surface area contributed by atoms with E-state index in [4.69, 9.17) is 0 Å². The van der Waals surface area contributed by atoms with Gasteiger partial charge in [-0.1, -0.05) is 16.4 Å². The summed E-state index contributed by atoms with van der Waals surface area (Å²) >= 11 is 1.27. The first-order valence-electron chi connectivity index (χ1n) is 5.02. The topological polar surface area (TPSA) is 114 Å². The second-order valence-corrected chi connectivity index (χ2v) is 4.55. The van der Waals surface area contributed by atoms with Crippen LogP contribution in [0.2, 0.25) is 0 Å². The number of anilines is 1. The third-order valence-electron chi connectivity index (χ3n) is 2.43. The first kappa shape index (κ1) is 10.8. The molecular weight excluding hydrogens is 256 g/mol. The predicted molar refractivity (Wildman–Crippen MR) is 62.5 cm³/mol. The Morgan fingerprint density at radius 2 is 2.17 bits per heavy atom. The van der Waals surface area contributed by atoms with Crippen LogP contribution < -0.4 is 5.32 Å². The first-order valence-corrected chi connectivity index (χ1v) is 5.84. The van der Waals surface area contributed by atoms with Crippen LogP contribution in [0.3, 0.4) is 0 Å². The number of nitrogens with zero attached hydrogens (tertiary/aromatic N) is 6. The number of amides is 1. The Labute approximate surface area is 104 Å². The molecule has 0 radical (unpaired) electrons. The number of fused-ring (bicyclic) bond motifs is 1. The molecule has 3 rings (SSSR count). The van der Waals surface area contributed by atoms with E-state index in [1.165, 1.54) is 11.3 Å². The van der Waals surface area contributed by atoms with Crippen LogP contribution in [0.25, 0.3) is 4.96 Å². The molecule has 0 spiro atoms. The summed E-state index contributed by atoms with van der Waals surface area (Å²) in [5.74, 6) is 0.599. The van der Waals surface area contributed by atoms with Crippen molar-refractivity contribution in [2.45, 2.75) is 13.8 Å². The zero-order valence-electron chi connectivity index (χ0n) is 9.50. The number of nitrogens with one attached hydrogen (secondary N) is 2. The van der Waals surface area contributed by atoms with Crippen molar-refractivity contribution in [2.24, 2.45) is 0 Å². The molecule has 0 aromatic carbocycles. The summed E-state index contributed by atoms with van der Waals surface area (Å²) in [6.45, 7) is 3.67. The average molecular weight is 264 g/mol. The van der Waals surface area contributed by atoms with Crippen molar-refractivity contribution in [3.8, 4) is 0 Å². The van der Waals surface area contributed by atoms with E-state index in [9.17, 15) is 4.79 Å². The summed E-state index contributed by atoms with van der Waals surface area (Å²) in [7, 11) is 0. The lowest BCUT2D eigenvalue weighted by molar-refractivity contribution is 0.102. The van der Waals surface area contributed by atoms with Crippen molar-refractivity contribution >= 4 is 28.2 Å². The van der Waals surface area contributed by atoms with Crippen LogP contribution in [0.15, 0.2) is 0 Å². The zero-order valence-corrected chi connectivity index (χ0v) is 10.3. The fraction of sp³-hybridized carbons (Fsp3) is 0.250. The molecular formula is C8H8N8OS. The monoisotopic (exact) mass is 264 g/mol. The highest BCUT2D eigenvalue weighted by molar-refractivity contribution is 7.19. The maximum atomic E-state index is 12.0. The highest BCUT2D eigenvalue weighted by Crippen LogP contribution is 2.23. The van der Waals surface area contributed by atoms with Gasteiger partial charge in [-0.2, -0.15) is 5.21 Å². The van der Waals surface area contributed by atoms with Gasteiger partial charge in [-0.05, 0) is 19.1 Å². The van der Waals surface area contributed by atoms with Gasteiger partial charge in [-0.3, -0.25) is 14.5 Å². The van der Waals surface area contributed by atoms with E-state index in [1.54, 1.807) is 0 Å². The van der Waals surface area contributed by atoms with Crippen molar-refractivity contribution in [2.75, 3.05) is 5.32 Å². The largest absolute Gasteiger partial charge is 0.287 e. The number of hydrogen-bond donors (Lipinski definition) is 2. The fourth-order valence-electron chi connectivity index (χ4n) is 1.65. The van der Waals surface area contributed by atoms with E-state index in [0.29, 0.717) is 9.84 Å². The molecule has 0 atom stereocenters. The number of carbonyl (C=O) groups excluding carboxylic acids is 1. The molecule has 10 heteroatoms. The molecule has 2 N–H and O–H groups in total. The van der Waals surface area contributed by atoms with Crippen LogP contribution >= 0.6 is 11.3 Å². The van der Waals surface area contributed by atoms with E-state index >= 15 is 0 Å². The summed E-state index contributed by atoms with van der Waals surface area (Å²) in [6, 6.07) is 0. The molecule has 0 saturated carbocycles. The third kappa shape index (κ3) is 1.54. The number of rotatable bonds is 2. The zero-order chi connectivity index (χ0) is 12.7. The first-order chi connectivity index (χ1) is 8.66. The molecule has 0 saturated heterocycles. The number of aryl methyl sites for hydroxylation is 2. The molecule has 3 heterocycles. The van der Waals surface area contributed by atoms with Crippen LogP contribution in [0.5, 0.6) is 0 Å². The quantitative estimate of drug-likeness (QED) is 0.682. The number of aromatic amines is 1. The van der Waals surface area contributed by atoms with E-state index < -0.39 is 0 Å². The van der Waals surface area contributed by atoms with Gasteiger partial charge in [0.05, 0.1) is 0 Å². The molecule has 1 amide bonds. The molecule has 18 heavy (non-hydrogen) atoms. The smallest absolute Gasteiger partial charge is 0.270 e. The highest BCUT2D eigenvalue weighted by Gasteiger charge is 2.19. The fourth-order valence-corrected chi connectivity index (χ4v) is 2.65. The Morgan fingerprint density at radius 3 is 2.83 bits per heavy atom. The summed E-state index contributed by atoms with van der Waals surface area (Å²) < 4.78 is 1.83. The van der Waals surface area contributed by atoms with Gasteiger partial charge in [0.15, 0.2) is 0 Å². The van der Waals surface area contributed by atoms with Gasteiger partial charge in [0, 0.05) is 5.69 Å². The summed E-state index contributed by atoms with van der Waals surface area (Å²) in [6.07, 6.45) is 0. The second-order valence-electron chi connectivity index (χ2n) is 3.57. The van der Waals surface area contributed by atoms with E-state index in [2.05, 4.69) is 36.1 Å². The van der Waals surface area contributed by atoms with Crippen molar-refractivity contribution in [3.63, 3.8) is 0 Å². The highest BCUT2D eigenvalue weighted by atomic mass is 32.1. The minimum atomic E-state index is -0.288. The van der Waals surface area contributed by atoms with Crippen LogP contribution in [0, 0.1) is 13.8 Å². The van der Waals surface area contributed by atoms with Gasteiger partial charge in [0.2, 0.25) is 4.96 Å². The van der Waals surface area contributed by atoms with Gasteiger partial charge in [-0.25, -0.2) is 0 Å². The maximum absolute atomic E-state index is 12.0. The van der Waals surface area contributed by atoms with Gasteiger partial charge >= 0.3 is 0 Å². The molecule has 0 bridgehead atoms. The van der Waals surface area contributed by atoms with E-state index in [-0.39, 0.29) is 11.9 Å². The normalized spacial score (nSPS) is 11.0. The number of H-pyrrole nitrogens is 1. The molecule has 0 unspecified atom stereocenters. The van der Waals surface area contributed by atoms with Gasteiger partial charge in [0.25, 0.3) is 11.9 Å². The van der Waals surface area contributed by atoms with E-state index in [0.717, 1.165) is 11.5 Å². The predicted octanol–water partition coefficient (Wildman–Crippen LogP) is 0.173. The van der Waals surface area contributed by atoms with Crippen molar-refractivity contribution in [3.05, 3.63) is 16.4 Å². The van der Waals surface area contributed by atoms with Gasteiger partial charge < -0.3 is 0 Å². The second kappa shape index (κ2) is 3.84. The minimum Gasteiger partial charge on any atom is -0.287 e. The van der Waals surface area contributed by atoms with Crippen LogP contribution in [0.1, 0.15) is 21.2 Å². The van der Waals surface area contributed by atoms with Crippen LogP contribution in [-0.4, -0.2) is 41.1 Å². The van der Waals surface area contributed by atoms with Crippen LogP contribution in [0.4, 0.5) is 5.95 Å². The Balaban J connectivity index is 1.99. The van der Waals surface area contributed by atoms with Crippen LogP contribution in [-0.2, 0) is 0 Å². The molecule has 3 aromatic rings. The standard InChI is InChI=1S/C8H8N8OS/c1-3-5(6(17)9-7-11-14-15-12-7)18-8-13-10-4(2)16(3)8/h1-2H3,(H2,9,11,12,14,15,17). The molecule has 0 fully saturated rings.